The van der Waals surface area contributed by atoms with E-state index in [2.05, 4.69) is 49.9 Å². The van der Waals surface area contributed by atoms with Crippen LogP contribution in [0.5, 0.6) is 0 Å². The monoisotopic (exact) mass is 231 g/mol. The van der Waals surface area contributed by atoms with Crippen LogP contribution in [0.2, 0.25) is 0 Å². The average Bonchev–Trinajstić information content (AvgIpc) is 2.39. The molecule has 94 valence electrons. The average molecular weight is 231 g/mol. The van der Waals surface area contributed by atoms with E-state index in [1.54, 1.807) is 0 Å². The topological polar surface area (TPSA) is 3.24 Å². The Balaban J connectivity index is 2.05. The molecule has 1 heterocycles. The van der Waals surface area contributed by atoms with E-state index in [0.717, 1.165) is 12.3 Å². The van der Waals surface area contributed by atoms with Gasteiger partial charge in [0.15, 0.2) is 0 Å². The minimum Gasteiger partial charge on any atom is -0.297 e. The van der Waals surface area contributed by atoms with E-state index in [9.17, 15) is 0 Å². The Morgan fingerprint density at radius 1 is 1.29 bits per heavy atom. The fraction of sp³-hybridized carbons (Fsp3) is 0.625. The molecule has 1 fully saturated rings. The first kappa shape index (κ1) is 12.6. The molecule has 1 saturated heterocycles. The van der Waals surface area contributed by atoms with Crippen molar-refractivity contribution in [2.24, 2.45) is 5.92 Å². The molecule has 1 atom stereocenters. The van der Waals surface area contributed by atoms with Gasteiger partial charge in [-0.2, -0.15) is 0 Å². The zero-order valence-corrected chi connectivity index (χ0v) is 11.4. The highest BCUT2D eigenvalue weighted by Gasteiger charge is 2.21. The second-order valence-corrected chi connectivity index (χ2v) is 5.49. The summed E-state index contributed by atoms with van der Waals surface area (Å²) in [6.45, 7) is 9.48. The zero-order chi connectivity index (χ0) is 12.3. The summed E-state index contributed by atoms with van der Waals surface area (Å²) in [5, 5.41) is 0. The highest BCUT2D eigenvalue weighted by Crippen LogP contribution is 2.26. The Labute approximate surface area is 106 Å². The second kappa shape index (κ2) is 5.68. The molecule has 1 aliphatic rings. The summed E-state index contributed by atoms with van der Waals surface area (Å²) in [6, 6.07) is 9.67. The molecule has 0 spiro atoms. The van der Waals surface area contributed by atoms with Gasteiger partial charge in [0.1, 0.15) is 0 Å². The number of benzene rings is 1. The van der Waals surface area contributed by atoms with Crippen LogP contribution < -0.4 is 0 Å². The summed E-state index contributed by atoms with van der Waals surface area (Å²) in [4.78, 5) is 2.63. The zero-order valence-electron chi connectivity index (χ0n) is 11.4. The van der Waals surface area contributed by atoms with Gasteiger partial charge in [-0.05, 0) is 56.3 Å². The normalized spacial score (nSPS) is 20.4. The highest BCUT2D eigenvalue weighted by atomic mass is 15.2. The van der Waals surface area contributed by atoms with E-state index in [4.69, 9.17) is 0 Å². The predicted molar refractivity (Wildman–Crippen MR) is 74.2 cm³/mol. The van der Waals surface area contributed by atoms with Crippen LogP contribution in [0.3, 0.4) is 0 Å². The molecule has 2 rings (SSSR count). The fourth-order valence-corrected chi connectivity index (χ4v) is 2.70. The lowest BCUT2D eigenvalue weighted by Crippen LogP contribution is -2.35. The summed E-state index contributed by atoms with van der Waals surface area (Å²) in [5.74, 6) is 0.917. The van der Waals surface area contributed by atoms with Gasteiger partial charge in [-0.15, -0.1) is 0 Å². The quantitative estimate of drug-likeness (QED) is 0.759. The Morgan fingerprint density at radius 3 is 2.65 bits per heavy atom. The first-order chi connectivity index (χ1) is 8.20. The number of hydrogen-bond donors (Lipinski definition) is 0. The fourth-order valence-electron chi connectivity index (χ4n) is 2.70. The Kier molecular flexibility index (Phi) is 4.22. The molecule has 0 aliphatic carbocycles. The van der Waals surface area contributed by atoms with Gasteiger partial charge in [-0.25, -0.2) is 0 Å². The molecule has 0 unspecified atom stereocenters. The first-order valence-electron chi connectivity index (χ1n) is 7.03. The van der Waals surface area contributed by atoms with Gasteiger partial charge >= 0.3 is 0 Å². The molecule has 0 saturated carbocycles. The molecule has 17 heavy (non-hydrogen) atoms. The van der Waals surface area contributed by atoms with Gasteiger partial charge in [-0.1, -0.05) is 38.1 Å². The van der Waals surface area contributed by atoms with Crippen molar-refractivity contribution < 1.29 is 0 Å². The molecule has 1 heteroatoms. The maximum atomic E-state index is 2.63. The lowest BCUT2D eigenvalue weighted by Gasteiger charge is -2.35. The largest absolute Gasteiger partial charge is 0.297 e. The maximum absolute atomic E-state index is 2.63. The minimum absolute atomic E-state index is 0.578. The molecule has 0 aromatic heterocycles. The summed E-state index contributed by atoms with van der Waals surface area (Å²) in [6.07, 6.45) is 3.85. The van der Waals surface area contributed by atoms with Gasteiger partial charge in [0, 0.05) is 6.04 Å². The predicted octanol–water partition coefficient (Wildman–Crippen LogP) is 4.04. The molecule has 1 aliphatic heterocycles. The highest BCUT2D eigenvalue weighted by molar-refractivity contribution is 5.25. The molecule has 1 aromatic rings. The maximum Gasteiger partial charge on any atom is 0.0319 e. The lowest BCUT2D eigenvalue weighted by molar-refractivity contribution is 0.147. The van der Waals surface area contributed by atoms with Crippen molar-refractivity contribution in [3.8, 4) is 0 Å². The van der Waals surface area contributed by atoms with Gasteiger partial charge in [0.2, 0.25) is 0 Å². The molecule has 1 aromatic carbocycles. The molecular formula is C16H25N. The molecule has 0 N–H and O–H groups in total. The third-order valence-electron chi connectivity index (χ3n) is 4.21. The SMILES string of the molecule is CCc1cccc([C@H](C)N2CCC(C)CC2)c1. The van der Waals surface area contributed by atoms with Gasteiger partial charge < -0.3 is 0 Å². The Hall–Kier alpha value is -0.820. The van der Waals surface area contributed by atoms with Gasteiger partial charge in [0.05, 0.1) is 0 Å². The van der Waals surface area contributed by atoms with Gasteiger partial charge in [-0.3, -0.25) is 4.90 Å². The van der Waals surface area contributed by atoms with Crippen LogP contribution in [0.4, 0.5) is 0 Å². The van der Waals surface area contributed by atoms with E-state index in [-0.39, 0.29) is 0 Å². The second-order valence-electron chi connectivity index (χ2n) is 5.49. The minimum atomic E-state index is 0.578. The van der Waals surface area contributed by atoms with Crippen molar-refractivity contribution >= 4 is 0 Å². The van der Waals surface area contributed by atoms with Crippen molar-refractivity contribution in [3.05, 3.63) is 35.4 Å². The van der Waals surface area contributed by atoms with E-state index >= 15 is 0 Å². The number of piperidine rings is 1. The number of hydrogen-bond acceptors (Lipinski definition) is 1. The van der Waals surface area contributed by atoms with Crippen molar-refractivity contribution in [1.82, 2.24) is 4.90 Å². The number of likely N-dealkylation sites (tertiary alicyclic amines) is 1. The molecule has 0 amide bonds. The van der Waals surface area contributed by atoms with E-state index < -0.39 is 0 Å². The van der Waals surface area contributed by atoms with Crippen LogP contribution in [0, 0.1) is 5.92 Å². The van der Waals surface area contributed by atoms with Crippen LogP contribution in [0.25, 0.3) is 0 Å². The summed E-state index contributed by atoms with van der Waals surface area (Å²) < 4.78 is 0. The van der Waals surface area contributed by atoms with E-state index in [0.29, 0.717) is 6.04 Å². The smallest absolute Gasteiger partial charge is 0.0319 e. The van der Waals surface area contributed by atoms with Crippen LogP contribution in [0.15, 0.2) is 24.3 Å². The first-order valence-corrected chi connectivity index (χ1v) is 7.03. The third-order valence-corrected chi connectivity index (χ3v) is 4.21. The number of nitrogens with zero attached hydrogens (tertiary/aromatic N) is 1. The lowest BCUT2D eigenvalue weighted by atomic mass is 9.95. The van der Waals surface area contributed by atoms with Crippen LogP contribution in [-0.4, -0.2) is 18.0 Å². The molecule has 1 nitrogen and oxygen atoms in total. The number of aryl methyl sites for hydroxylation is 1. The van der Waals surface area contributed by atoms with Crippen LogP contribution in [-0.2, 0) is 6.42 Å². The molecular weight excluding hydrogens is 206 g/mol. The van der Waals surface area contributed by atoms with Crippen molar-refractivity contribution in [2.75, 3.05) is 13.1 Å². The summed E-state index contributed by atoms with van der Waals surface area (Å²) in [5.41, 5.74) is 2.94. The van der Waals surface area contributed by atoms with Gasteiger partial charge in [0.25, 0.3) is 0 Å². The summed E-state index contributed by atoms with van der Waals surface area (Å²) in [7, 11) is 0. The van der Waals surface area contributed by atoms with Crippen molar-refractivity contribution in [3.63, 3.8) is 0 Å². The van der Waals surface area contributed by atoms with Crippen molar-refractivity contribution in [2.45, 2.75) is 46.1 Å². The summed E-state index contributed by atoms with van der Waals surface area (Å²) >= 11 is 0. The van der Waals surface area contributed by atoms with Crippen LogP contribution >= 0.6 is 0 Å². The van der Waals surface area contributed by atoms with E-state index in [1.807, 2.05) is 0 Å². The molecule has 0 bridgehead atoms. The number of rotatable bonds is 3. The van der Waals surface area contributed by atoms with E-state index in [1.165, 1.54) is 37.1 Å². The standard InChI is InChI=1S/C16H25N/c1-4-15-6-5-7-16(12-15)14(3)17-10-8-13(2)9-11-17/h5-7,12-14H,4,8-11H2,1-3H3/t14-/m0/s1. The van der Waals surface area contributed by atoms with Crippen LogP contribution in [0.1, 0.15) is 50.8 Å². The Bertz CT molecular complexity index is 350. The molecule has 0 radical (unpaired) electrons. The third kappa shape index (κ3) is 3.10. The Morgan fingerprint density at radius 2 is 2.00 bits per heavy atom. The van der Waals surface area contributed by atoms with Crippen molar-refractivity contribution in [1.29, 1.82) is 0 Å².